The Bertz CT molecular complexity index is 649. The van der Waals surface area contributed by atoms with E-state index in [-0.39, 0.29) is 5.69 Å². The van der Waals surface area contributed by atoms with Crippen LogP contribution in [0.2, 0.25) is 0 Å². The molecule has 2 rings (SSSR count). The quantitative estimate of drug-likeness (QED) is 0.856. The molecular formula is C13H14BrN3O. The minimum Gasteiger partial charge on any atom is -0.289 e. The van der Waals surface area contributed by atoms with Crippen LogP contribution in [0.1, 0.15) is 22.6 Å². The van der Waals surface area contributed by atoms with Crippen LogP contribution in [-0.2, 0) is 6.54 Å². The molecule has 0 aliphatic rings. The molecule has 0 saturated carbocycles. The summed E-state index contributed by atoms with van der Waals surface area (Å²) in [5.74, 6) is 0. The summed E-state index contributed by atoms with van der Waals surface area (Å²) >= 11 is 3.45. The monoisotopic (exact) mass is 307 g/mol. The number of hydrogen-bond donors (Lipinski definition) is 0. The lowest BCUT2D eigenvalue weighted by Crippen LogP contribution is -2.27. The zero-order chi connectivity index (χ0) is 13.3. The van der Waals surface area contributed by atoms with Crippen LogP contribution < -0.4 is 5.69 Å². The van der Waals surface area contributed by atoms with Gasteiger partial charge < -0.3 is 0 Å². The maximum atomic E-state index is 11.9. The summed E-state index contributed by atoms with van der Waals surface area (Å²) in [6, 6.07) is 3.87. The van der Waals surface area contributed by atoms with Crippen molar-refractivity contribution >= 4 is 15.9 Å². The van der Waals surface area contributed by atoms with E-state index < -0.39 is 0 Å². The van der Waals surface area contributed by atoms with Gasteiger partial charge in [-0.3, -0.25) is 9.55 Å². The fourth-order valence-electron chi connectivity index (χ4n) is 1.80. The van der Waals surface area contributed by atoms with Gasteiger partial charge in [0.05, 0.1) is 22.4 Å². The van der Waals surface area contributed by atoms with E-state index in [1.54, 1.807) is 10.8 Å². The molecule has 0 atom stereocenters. The predicted octanol–water partition coefficient (Wildman–Crippen LogP) is 2.37. The van der Waals surface area contributed by atoms with E-state index in [4.69, 9.17) is 0 Å². The van der Waals surface area contributed by atoms with Crippen molar-refractivity contribution in [3.8, 4) is 0 Å². The minimum atomic E-state index is -0.238. The molecule has 0 aliphatic carbocycles. The first-order valence-electron chi connectivity index (χ1n) is 5.64. The molecule has 0 aromatic carbocycles. The summed E-state index contributed by atoms with van der Waals surface area (Å²) in [6.07, 6.45) is 1.74. The van der Waals surface area contributed by atoms with Crippen LogP contribution in [0.15, 0.2) is 27.6 Å². The van der Waals surface area contributed by atoms with Crippen molar-refractivity contribution in [3.05, 3.63) is 55.9 Å². The fourth-order valence-corrected chi connectivity index (χ4v) is 2.10. The summed E-state index contributed by atoms with van der Waals surface area (Å²) in [7, 11) is 0. The van der Waals surface area contributed by atoms with E-state index >= 15 is 0 Å². The lowest BCUT2D eigenvalue weighted by molar-refractivity contribution is 0.672. The Morgan fingerprint density at radius 3 is 2.72 bits per heavy atom. The molecule has 0 bridgehead atoms. The molecule has 2 heterocycles. The zero-order valence-electron chi connectivity index (χ0n) is 10.6. The van der Waals surface area contributed by atoms with Crippen LogP contribution in [-0.4, -0.2) is 14.5 Å². The molecule has 5 heteroatoms. The fraction of sp³-hybridized carbons (Fsp3) is 0.308. The molecule has 94 valence electrons. The lowest BCUT2D eigenvalue weighted by atomic mass is 10.2. The van der Waals surface area contributed by atoms with Gasteiger partial charge in [-0.05, 0) is 48.3 Å². The van der Waals surface area contributed by atoms with E-state index in [0.717, 1.165) is 21.4 Å². The van der Waals surface area contributed by atoms with Crippen LogP contribution in [0.3, 0.4) is 0 Å². The van der Waals surface area contributed by atoms with Crippen molar-refractivity contribution in [1.29, 1.82) is 0 Å². The summed E-state index contributed by atoms with van der Waals surface area (Å²) < 4.78 is 2.50. The summed E-state index contributed by atoms with van der Waals surface area (Å²) in [5.41, 5.74) is 3.31. The molecule has 0 amide bonds. The van der Waals surface area contributed by atoms with Crippen molar-refractivity contribution < 1.29 is 0 Å². The summed E-state index contributed by atoms with van der Waals surface area (Å²) in [5, 5.41) is 0. The highest BCUT2D eigenvalue weighted by atomic mass is 79.9. The zero-order valence-corrected chi connectivity index (χ0v) is 12.2. The molecule has 0 aliphatic heterocycles. The van der Waals surface area contributed by atoms with Crippen molar-refractivity contribution in [2.24, 2.45) is 0 Å². The number of nitrogens with zero attached hydrogens (tertiary/aromatic N) is 3. The Morgan fingerprint density at radius 1 is 1.33 bits per heavy atom. The Hall–Kier alpha value is -1.49. The Balaban J connectivity index is 2.51. The van der Waals surface area contributed by atoms with Gasteiger partial charge in [0, 0.05) is 11.9 Å². The maximum Gasteiger partial charge on any atom is 0.348 e. The van der Waals surface area contributed by atoms with E-state index in [2.05, 4.69) is 25.9 Å². The normalized spacial score (nSPS) is 10.7. The number of pyridine rings is 1. The maximum absolute atomic E-state index is 11.9. The number of rotatable bonds is 2. The van der Waals surface area contributed by atoms with Crippen LogP contribution in [0, 0.1) is 20.8 Å². The number of aryl methyl sites for hydroxylation is 2. The molecule has 0 N–H and O–H groups in total. The van der Waals surface area contributed by atoms with Crippen LogP contribution in [0.4, 0.5) is 0 Å². The smallest absolute Gasteiger partial charge is 0.289 e. The topological polar surface area (TPSA) is 47.8 Å². The van der Waals surface area contributed by atoms with Gasteiger partial charge in [-0.2, -0.15) is 4.98 Å². The molecule has 0 fully saturated rings. The number of halogens is 1. The van der Waals surface area contributed by atoms with Crippen molar-refractivity contribution in [1.82, 2.24) is 14.5 Å². The van der Waals surface area contributed by atoms with Crippen molar-refractivity contribution in [3.63, 3.8) is 0 Å². The average molecular weight is 308 g/mol. The second-order valence-electron chi connectivity index (χ2n) is 4.23. The summed E-state index contributed by atoms with van der Waals surface area (Å²) in [6.45, 7) is 6.15. The molecule has 18 heavy (non-hydrogen) atoms. The van der Waals surface area contributed by atoms with Gasteiger partial charge in [0.25, 0.3) is 0 Å². The molecule has 0 radical (unpaired) electrons. The molecular weight excluding hydrogens is 294 g/mol. The average Bonchev–Trinajstić information content (AvgIpc) is 2.34. The number of hydrogen-bond acceptors (Lipinski definition) is 3. The van der Waals surface area contributed by atoms with Gasteiger partial charge in [-0.15, -0.1) is 0 Å². The van der Waals surface area contributed by atoms with E-state index in [0.29, 0.717) is 12.2 Å². The van der Waals surface area contributed by atoms with Crippen LogP contribution in [0.25, 0.3) is 0 Å². The van der Waals surface area contributed by atoms with E-state index in [9.17, 15) is 4.79 Å². The third-order valence-corrected chi connectivity index (χ3v) is 4.11. The predicted molar refractivity (Wildman–Crippen MR) is 73.7 cm³/mol. The van der Waals surface area contributed by atoms with Gasteiger partial charge in [-0.25, -0.2) is 4.79 Å². The standard InChI is InChI=1S/C13H14BrN3O/c1-8-5-4-6-15-11(8)7-17-10(3)12(14)9(2)16-13(17)18/h4-6H,7H2,1-3H3. The lowest BCUT2D eigenvalue weighted by Gasteiger charge is -2.12. The molecule has 0 unspecified atom stereocenters. The second-order valence-corrected chi connectivity index (χ2v) is 5.03. The van der Waals surface area contributed by atoms with Gasteiger partial charge in [0.15, 0.2) is 0 Å². The highest BCUT2D eigenvalue weighted by molar-refractivity contribution is 9.10. The molecule has 0 saturated heterocycles. The third kappa shape index (κ3) is 2.36. The first-order chi connectivity index (χ1) is 8.50. The minimum absolute atomic E-state index is 0.238. The van der Waals surface area contributed by atoms with Gasteiger partial charge in [-0.1, -0.05) is 6.07 Å². The largest absolute Gasteiger partial charge is 0.348 e. The Morgan fingerprint density at radius 2 is 2.06 bits per heavy atom. The first kappa shape index (κ1) is 13.0. The first-order valence-corrected chi connectivity index (χ1v) is 6.44. The molecule has 4 nitrogen and oxygen atoms in total. The second kappa shape index (κ2) is 5.02. The SMILES string of the molecule is Cc1cccnc1Cn1c(C)c(Br)c(C)nc1=O. The van der Waals surface area contributed by atoms with Crippen molar-refractivity contribution in [2.45, 2.75) is 27.3 Å². The molecule has 2 aromatic rings. The third-order valence-electron chi connectivity index (χ3n) is 2.96. The van der Waals surface area contributed by atoms with Gasteiger partial charge in [0.1, 0.15) is 0 Å². The Kier molecular flexibility index (Phi) is 3.61. The van der Waals surface area contributed by atoms with E-state index in [1.165, 1.54) is 0 Å². The van der Waals surface area contributed by atoms with Crippen molar-refractivity contribution in [2.75, 3.05) is 0 Å². The highest BCUT2D eigenvalue weighted by Gasteiger charge is 2.10. The van der Waals surface area contributed by atoms with Gasteiger partial charge in [0.2, 0.25) is 0 Å². The Labute approximate surface area is 114 Å². The molecule has 0 spiro atoms. The van der Waals surface area contributed by atoms with Crippen LogP contribution >= 0.6 is 15.9 Å². The molecule has 2 aromatic heterocycles. The summed E-state index contributed by atoms with van der Waals surface area (Å²) in [4.78, 5) is 20.2. The van der Waals surface area contributed by atoms with Gasteiger partial charge >= 0.3 is 5.69 Å². The van der Waals surface area contributed by atoms with E-state index in [1.807, 2.05) is 32.9 Å². The highest BCUT2D eigenvalue weighted by Crippen LogP contribution is 2.17. The number of aromatic nitrogens is 3. The van der Waals surface area contributed by atoms with Crippen LogP contribution in [0.5, 0.6) is 0 Å².